The Labute approximate surface area is 132 Å². The van der Waals surface area contributed by atoms with Crippen LogP contribution in [0, 0.1) is 0 Å². The molecule has 4 nitrogen and oxygen atoms in total. The van der Waals surface area contributed by atoms with Crippen LogP contribution in [-0.2, 0) is 9.53 Å². The number of amides is 1. The van der Waals surface area contributed by atoms with Gasteiger partial charge in [-0.15, -0.1) is 0 Å². The molecule has 0 aliphatic carbocycles. The predicted molar refractivity (Wildman–Crippen MR) is 87.4 cm³/mol. The summed E-state index contributed by atoms with van der Waals surface area (Å²) in [6.45, 7) is 4.69. The summed E-state index contributed by atoms with van der Waals surface area (Å²) >= 11 is 5.04. The molecule has 1 heterocycles. The zero-order chi connectivity index (χ0) is 14.2. The van der Waals surface area contributed by atoms with Crippen LogP contribution in [0.25, 0.3) is 0 Å². The minimum Gasteiger partial charge on any atom is -0.379 e. The molecular formula is C14H19BrN2O2S. The number of anilines is 1. The van der Waals surface area contributed by atoms with Crippen LogP contribution in [0.4, 0.5) is 5.69 Å². The van der Waals surface area contributed by atoms with Gasteiger partial charge in [-0.2, -0.15) is 11.8 Å². The van der Waals surface area contributed by atoms with Gasteiger partial charge in [-0.1, -0.05) is 15.9 Å². The lowest BCUT2D eigenvalue weighted by molar-refractivity contribution is -0.113. The van der Waals surface area contributed by atoms with Crippen LogP contribution in [-0.4, -0.2) is 55.2 Å². The van der Waals surface area contributed by atoms with Gasteiger partial charge in [0, 0.05) is 35.5 Å². The molecule has 20 heavy (non-hydrogen) atoms. The number of hydrogen-bond acceptors (Lipinski definition) is 4. The Bertz CT molecular complexity index is 422. The highest BCUT2D eigenvalue weighted by Gasteiger charge is 2.10. The number of ether oxygens (including phenoxy) is 1. The van der Waals surface area contributed by atoms with E-state index in [0.29, 0.717) is 5.75 Å². The van der Waals surface area contributed by atoms with E-state index in [0.717, 1.165) is 48.8 Å². The lowest BCUT2D eigenvalue weighted by Crippen LogP contribution is -2.37. The van der Waals surface area contributed by atoms with Gasteiger partial charge in [0.25, 0.3) is 0 Å². The molecule has 1 saturated heterocycles. The monoisotopic (exact) mass is 358 g/mol. The van der Waals surface area contributed by atoms with Gasteiger partial charge in [0.15, 0.2) is 0 Å². The van der Waals surface area contributed by atoms with Crippen molar-refractivity contribution in [3.8, 4) is 0 Å². The minimum atomic E-state index is 0.0549. The first-order valence-corrected chi connectivity index (χ1v) is 8.62. The number of hydrogen-bond donors (Lipinski definition) is 1. The highest BCUT2D eigenvalue weighted by Crippen LogP contribution is 2.14. The van der Waals surface area contributed by atoms with Crippen LogP contribution in [0.2, 0.25) is 0 Å². The Morgan fingerprint density at radius 3 is 2.70 bits per heavy atom. The maximum absolute atomic E-state index is 11.8. The predicted octanol–water partition coefficient (Wildman–Crippen LogP) is 2.45. The van der Waals surface area contributed by atoms with Gasteiger partial charge in [-0.3, -0.25) is 9.69 Å². The Morgan fingerprint density at radius 1 is 1.30 bits per heavy atom. The number of morpholine rings is 1. The molecule has 0 saturated carbocycles. The average Bonchev–Trinajstić information content (AvgIpc) is 2.47. The van der Waals surface area contributed by atoms with Crippen molar-refractivity contribution in [1.82, 2.24) is 4.90 Å². The highest BCUT2D eigenvalue weighted by atomic mass is 79.9. The Kier molecular flexibility index (Phi) is 6.86. The van der Waals surface area contributed by atoms with E-state index in [1.165, 1.54) is 0 Å². The second-order valence-corrected chi connectivity index (χ2v) is 6.58. The first kappa shape index (κ1) is 15.8. The fourth-order valence-electron chi connectivity index (χ4n) is 1.91. The van der Waals surface area contributed by atoms with E-state index >= 15 is 0 Å². The van der Waals surface area contributed by atoms with Crippen molar-refractivity contribution in [3.63, 3.8) is 0 Å². The lowest BCUT2D eigenvalue weighted by Gasteiger charge is -2.26. The van der Waals surface area contributed by atoms with Gasteiger partial charge in [-0.25, -0.2) is 0 Å². The number of nitrogens with one attached hydrogen (secondary N) is 1. The number of carbonyl (C=O) groups is 1. The second-order valence-electron chi connectivity index (χ2n) is 4.56. The van der Waals surface area contributed by atoms with Crippen molar-refractivity contribution in [1.29, 1.82) is 0 Å². The molecule has 1 aliphatic rings. The third-order valence-electron chi connectivity index (χ3n) is 3.02. The summed E-state index contributed by atoms with van der Waals surface area (Å²) in [6, 6.07) is 7.61. The Hall–Kier alpha value is -0.560. The zero-order valence-corrected chi connectivity index (χ0v) is 13.7. The number of benzene rings is 1. The number of halogens is 1. The summed E-state index contributed by atoms with van der Waals surface area (Å²) in [4.78, 5) is 14.1. The molecule has 1 N–H and O–H groups in total. The molecule has 1 aliphatic heterocycles. The summed E-state index contributed by atoms with van der Waals surface area (Å²) in [5, 5.41) is 2.89. The zero-order valence-electron chi connectivity index (χ0n) is 11.3. The number of thioether (sulfide) groups is 1. The SMILES string of the molecule is O=C(CSCCN1CCOCC1)Nc1ccc(Br)cc1. The third kappa shape index (κ3) is 5.83. The van der Waals surface area contributed by atoms with E-state index in [1.54, 1.807) is 11.8 Å². The quantitative estimate of drug-likeness (QED) is 0.793. The van der Waals surface area contributed by atoms with Gasteiger partial charge in [0.2, 0.25) is 5.91 Å². The smallest absolute Gasteiger partial charge is 0.234 e. The number of nitrogens with zero attached hydrogens (tertiary/aromatic N) is 1. The van der Waals surface area contributed by atoms with Crippen LogP contribution in [0.15, 0.2) is 28.7 Å². The Balaban J connectivity index is 1.59. The van der Waals surface area contributed by atoms with Crippen LogP contribution in [0.5, 0.6) is 0 Å². The first-order chi connectivity index (χ1) is 9.74. The van der Waals surface area contributed by atoms with Gasteiger partial charge in [0.1, 0.15) is 0 Å². The third-order valence-corrected chi connectivity index (χ3v) is 4.48. The minimum absolute atomic E-state index is 0.0549. The number of carbonyl (C=O) groups excluding carboxylic acids is 1. The van der Waals surface area contributed by atoms with Crippen LogP contribution >= 0.6 is 27.7 Å². The van der Waals surface area contributed by atoms with Crippen molar-refractivity contribution in [2.45, 2.75) is 0 Å². The topological polar surface area (TPSA) is 41.6 Å². The van der Waals surface area contributed by atoms with Crippen LogP contribution in [0.1, 0.15) is 0 Å². The largest absolute Gasteiger partial charge is 0.379 e. The Morgan fingerprint density at radius 2 is 2.00 bits per heavy atom. The van der Waals surface area contributed by atoms with E-state index < -0.39 is 0 Å². The molecule has 110 valence electrons. The summed E-state index contributed by atoms with van der Waals surface area (Å²) in [6.07, 6.45) is 0. The fourth-order valence-corrected chi connectivity index (χ4v) is 2.97. The lowest BCUT2D eigenvalue weighted by atomic mass is 10.3. The van der Waals surface area contributed by atoms with Crippen molar-refractivity contribution < 1.29 is 9.53 Å². The molecular weight excluding hydrogens is 340 g/mol. The summed E-state index contributed by atoms with van der Waals surface area (Å²) in [7, 11) is 0. The fraction of sp³-hybridized carbons (Fsp3) is 0.500. The van der Waals surface area contributed by atoms with Crippen molar-refractivity contribution in [3.05, 3.63) is 28.7 Å². The molecule has 1 fully saturated rings. The number of rotatable bonds is 6. The van der Waals surface area contributed by atoms with Gasteiger partial charge in [0.05, 0.1) is 19.0 Å². The molecule has 1 aromatic carbocycles. The molecule has 1 amide bonds. The van der Waals surface area contributed by atoms with E-state index in [-0.39, 0.29) is 5.91 Å². The maximum atomic E-state index is 11.8. The summed E-state index contributed by atoms with van der Waals surface area (Å²) < 4.78 is 6.31. The van der Waals surface area contributed by atoms with Crippen molar-refractivity contribution in [2.24, 2.45) is 0 Å². The van der Waals surface area contributed by atoms with Gasteiger partial charge >= 0.3 is 0 Å². The maximum Gasteiger partial charge on any atom is 0.234 e. The molecule has 0 unspecified atom stereocenters. The van der Waals surface area contributed by atoms with Gasteiger partial charge < -0.3 is 10.1 Å². The van der Waals surface area contributed by atoms with E-state index in [9.17, 15) is 4.79 Å². The summed E-state index contributed by atoms with van der Waals surface area (Å²) in [5.41, 5.74) is 0.840. The van der Waals surface area contributed by atoms with E-state index in [4.69, 9.17) is 4.74 Å². The van der Waals surface area contributed by atoms with Crippen LogP contribution < -0.4 is 5.32 Å². The molecule has 6 heteroatoms. The van der Waals surface area contributed by atoms with E-state index in [2.05, 4.69) is 26.1 Å². The molecule has 0 atom stereocenters. The standard InChI is InChI=1S/C14H19BrN2O2S/c15-12-1-3-13(4-2-12)16-14(18)11-20-10-7-17-5-8-19-9-6-17/h1-4H,5-11H2,(H,16,18). The molecule has 0 spiro atoms. The molecule has 1 aromatic rings. The molecule has 2 rings (SSSR count). The van der Waals surface area contributed by atoms with Gasteiger partial charge in [-0.05, 0) is 24.3 Å². The second kappa shape index (κ2) is 8.67. The van der Waals surface area contributed by atoms with E-state index in [1.807, 2.05) is 24.3 Å². The van der Waals surface area contributed by atoms with Crippen molar-refractivity contribution >= 4 is 39.3 Å². The first-order valence-electron chi connectivity index (χ1n) is 6.67. The molecule has 0 bridgehead atoms. The average molecular weight is 359 g/mol. The van der Waals surface area contributed by atoms with Crippen molar-refractivity contribution in [2.75, 3.05) is 49.7 Å². The van der Waals surface area contributed by atoms with Crippen LogP contribution in [0.3, 0.4) is 0 Å². The molecule has 0 radical (unpaired) electrons. The highest BCUT2D eigenvalue weighted by molar-refractivity contribution is 9.10. The molecule has 0 aromatic heterocycles. The normalized spacial score (nSPS) is 16.1. The summed E-state index contributed by atoms with van der Waals surface area (Å²) in [5.74, 6) is 1.54.